The third-order valence-electron chi connectivity index (χ3n) is 1.35. The van der Waals surface area contributed by atoms with E-state index in [9.17, 15) is 0 Å². The summed E-state index contributed by atoms with van der Waals surface area (Å²) >= 11 is 0. The van der Waals surface area contributed by atoms with Gasteiger partial charge in [0, 0.05) is 26.5 Å². The molecule has 72 valence electrons. The van der Waals surface area contributed by atoms with Crippen molar-refractivity contribution in [3.8, 4) is 0 Å². The van der Waals surface area contributed by atoms with Gasteiger partial charge in [-0.1, -0.05) is 0 Å². The van der Waals surface area contributed by atoms with Gasteiger partial charge in [0.05, 0.1) is 5.56 Å². The highest BCUT2D eigenvalue weighted by atomic mass is 35.5. The standard InChI is InChI=1S/C7H11N5.ClH/c1-12(2)7-10-3-5(4-11-7)6(8)9;/h3-4H,1-2H3,(H3,8,9);1H. The van der Waals surface area contributed by atoms with Crippen molar-refractivity contribution in [1.29, 1.82) is 5.41 Å². The summed E-state index contributed by atoms with van der Waals surface area (Å²) in [5, 5.41) is 7.10. The maximum absolute atomic E-state index is 7.10. The van der Waals surface area contributed by atoms with Gasteiger partial charge in [-0.25, -0.2) is 9.97 Å². The fourth-order valence-electron chi connectivity index (χ4n) is 0.691. The van der Waals surface area contributed by atoms with Crippen LogP contribution in [-0.2, 0) is 0 Å². The third kappa shape index (κ3) is 2.87. The van der Waals surface area contributed by atoms with Gasteiger partial charge in [-0.05, 0) is 0 Å². The first kappa shape index (κ1) is 11.6. The SMILES string of the molecule is CN(C)c1ncc(C(=N)N)cn1.Cl. The van der Waals surface area contributed by atoms with Gasteiger partial charge in [0.1, 0.15) is 5.84 Å². The van der Waals surface area contributed by atoms with E-state index in [0.29, 0.717) is 11.5 Å². The van der Waals surface area contributed by atoms with Crippen LogP contribution in [0.25, 0.3) is 0 Å². The quantitative estimate of drug-likeness (QED) is 0.531. The summed E-state index contributed by atoms with van der Waals surface area (Å²) in [5.74, 6) is 0.598. The van der Waals surface area contributed by atoms with Crippen LogP contribution in [0.5, 0.6) is 0 Å². The lowest BCUT2D eigenvalue weighted by Crippen LogP contribution is -2.15. The number of hydrogen-bond acceptors (Lipinski definition) is 4. The van der Waals surface area contributed by atoms with E-state index in [1.54, 1.807) is 4.90 Å². The molecule has 0 aromatic carbocycles. The number of amidine groups is 1. The topological polar surface area (TPSA) is 78.9 Å². The molecule has 0 spiro atoms. The summed E-state index contributed by atoms with van der Waals surface area (Å²) in [4.78, 5) is 9.77. The Balaban J connectivity index is 0.00000144. The van der Waals surface area contributed by atoms with Gasteiger partial charge in [-0.2, -0.15) is 0 Å². The Kier molecular flexibility index (Phi) is 4.13. The second kappa shape index (κ2) is 4.61. The van der Waals surface area contributed by atoms with Crippen molar-refractivity contribution in [1.82, 2.24) is 9.97 Å². The molecule has 0 aliphatic rings. The van der Waals surface area contributed by atoms with Crippen LogP contribution in [-0.4, -0.2) is 29.9 Å². The second-order valence-electron chi connectivity index (χ2n) is 2.58. The number of halogens is 1. The number of aromatic nitrogens is 2. The van der Waals surface area contributed by atoms with Crippen molar-refractivity contribution in [3.63, 3.8) is 0 Å². The molecule has 3 N–H and O–H groups in total. The summed E-state index contributed by atoms with van der Waals surface area (Å²) in [6, 6.07) is 0. The van der Waals surface area contributed by atoms with E-state index >= 15 is 0 Å². The molecule has 1 heterocycles. The maximum atomic E-state index is 7.10. The average molecular weight is 202 g/mol. The highest BCUT2D eigenvalue weighted by molar-refractivity contribution is 5.94. The zero-order chi connectivity index (χ0) is 9.14. The molecule has 0 fully saturated rings. The molecule has 1 aromatic heterocycles. The molecule has 0 unspecified atom stereocenters. The first-order chi connectivity index (χ1) is 5.61. The molecule has 0 aliphatic carbocycles. The van der Waals surface area contributed by atoms with Crippen LogP contribution in [0, 0.1) is 5.41 Å². The van der Waals surface area contributed by atoms with Crippen LogP contribution in [0.15, 0.2) is 12.4 Å². The van der Waals surface area contributed by atoms with Gasteiger partial charge in [0.2, 0.25) is 5.95 Å². The molecular formula is C7H12ClN5. The van der Waals surface area contributed by atoms with Crippen LogP contribution in [0.3, 0.4) is 0 Å². The van der Waals surface area contributed by atoms with Crippen molar-refractivity contribution in [2.24, 2.45) is 5.73 Å². The van der Waals surface area contributed by atoms with Gasteiger partial charge in [-0.15, -0.1) is 12.4 Å². The summed E-state index contributed by atoms with van der Waals surface area (Å²) in [7, 11) is 3.70. The number of nitrogens with one attached hydrogen (secondary N) is 1. The van der Waals surface area contributed by atoms with Crippen LogP contribution in [0.2, 0.25) is 0 Å². The molecular weight excluding hydrogens is 190 g/mol. The van der Waals surface area contributed by atoms with E-state index in [0.717, 1.165) is 0 Å². The van der Waals surface area contributed by atoms with E-state index < -0.39 is 0 Å². The minimum absolute atomic E-state index is 0. The summed E-state index contributed by atoms with van der Waals surface area (Å²) in [6.45, 7) is 0. The Hall–Kier alpha value is -1.36. The molecule has 0 saturated carbocycles. The molecule has 0 radical (unpaired) electrons. The molecule has 6 heteroatoms. The van der Waals surface area contributed by atoms with E-state index in [1.807, 2.05) is 14.1 Å². The number of anilines is 1. The molecule has 0 bridgehead atoms. The van der Waals surface area contributed by atoms with E-state index in [2.05, 4.69) is 9.97 Å². The summed E-state index contributed by atoms with van der Waals surface area (Å²) in [6.07, 6.45) is 3.06. The van der Waals surface area contributed by atoms with Crippen molar-refractivity contribution in [3.05, 3.63) is 18.0 Å². The first-order valence-corrected chi connectivity index (χ1v) is 3.45. The number of nitrogen functional groups attached to an aromatic ring is 1. The average Bonchev–Trinajstić information content (AvgIpc) is 2.04. The van der Waals surface area contributed by atoms with Crippen LogP contribution >= 0.6 is 12.4 Å². The smallest absolute Gasteiger partial charge is 0.224 e. The van der Waals surface area contributed by atoms with Crippen molar-refractivity contribution >= 4 is 24.2 Å². The maximum Gasteiger partial charge on any atom is 0.224 e. The normalized spacial score (nSPS) is 8.77. The van der Waals surface area contributed by atoms with Gasteiger partial charge >= 0.3 is 0 Å². The van der Waals surface area contributed by atoms with Crippen LogP contribution < -0.4 is 10.6 Å². The lowest BCUT2D eigenvalue weighted by atomic mass is 10.3. The minimum atomic E-state index is -0.0136. The molecule has 0 saturated heterocycles. The Bertz CT molecular complexity index is 281. The van der Waals surface area contributed by atoms with Crippen molar-refractivity contribution < 1.29 is 0 Å². The van der Waals surface area contributed by atoms with Crippen LogP contribution in [0.1, 0.15) is 5.56 Å². The highest BCUT2D eigenvalue weighted by Crippen LogP contribution is 2.01. The predicted octanol–water partition coefficient (Wildman–Crippen LogP) is 0.248. The molecule has 13 heavy (non-hydrogen) atoms. The zero-order valence-corrected chi connectivity index (χ0v) is 8.30. The van der Waals surface area contributed by atoms with Crippen molar-refractivity contribution in [2.75, 3.05) is 19.0 Å². The molecule has 0 atom stereocenters. The zero-order valence-electron chi connectivity index (χ0n) is 7.48. The monoisotopic (exact) mass is 201 g/mol. The largest absolute Gasteiger partial charge is 0.384 e. The highest BCUT2D eigenvalue weighted by Gasteiger charge is 2.00. The number of nitrogens with zero attached hydrogens (tertiary/aromatic N) is 3. The van der Waals surface area contributed by atoms with Gasteiger partial charge in [-0.3, -0.25) is 5.41 Å². The number of rotatable bonds is 2. The summed E-state index contributed by atoms with van der Waals surface area (Å²) < 4.78 is 0. The van der Waals surface area contributed by atoms with Gasteiger partial charge < -0.3 is 10.6 Å². The Morgan fingerprint density at radius 2 is 1.85 bits per heavy atom. The van der Waals surface area contributed by atoms with Crippen molar-refractivity contribution in [2.45, 2.75) is 0 Å². The fourth-order valence-corrected chi connectivity index (χ4v) is 0.691. The second-order valence-corrected chi connectivity index (χ2v) is 2.58. The predicted molar refractivity (Wildman–Crippen MR) is 54.6 cm³/mol. The molecule has 1 rings (SSSR count). The molecule has 1 aromatic rings. The van der Waals surface area contributed by atoms with Gasteiger partial charge in [0.15, 0.2) is 0 Å². The number of nitrogens with two attached hydrogens (primary N) is 1. The molecule has 0 aliphatic heterocycles. The molecule has 5 nitrogen and oxygen atoms in total. The van der Waals surface area contributed by atoms with Crippen LogP contribution in [0.4, 0.5) is 5.95 Å². The first-order valence-electron chi connectivity index (χ1n) is 3.45. The van der Waals surface area contributed by atoms with E-state index in [-0.39, 0.29) is 18.2 Å². The fraction of sp³-hybridized carbons (Fsp3) is 0.286. The number of hydrogen-bond donors (Lipinski definition) is 2. The minimum Gasteiger partial charge on any atom is -0.384 e. The van der Waals surface area contributed by atoms with E-state index in [1.165, 1.54) is 12.4 Å². The lowest BCUT2D eigenvalue weighted by Gasteiger charge is -2.08. The third-order valence-corrected chi connectivity index (χ3v) is 1.35. The summed E-state index contributed by atoms with van der Waals surface area (Å²) in [5.41, 5.74) is 5.77. The Morgan fingerprint density at radius 1 is 1.38 bits per heavy atom. The lowest BCUT2D eigenvalue weighted by molar-refractivity contribution is 0.995. The van der Waals surface area contributed by atoms with Gasteiger partial charge in [0.25, 0.3) is 0 Å². The Morgan fingerprint density at radius 3 is 2.15 bits per heavy atom. The Labute approximate surface area is 82.9 Å². The molecule has 0 amide bonds. The van der Waals surface area contributed by atoms with E-state index in [4.69, 9.17) is 11.1 Å².